The summed E-state index contributed by atoms with van der Waals surface area (Å²) in [5.74, 6) is 1.44. The molecule has 0 aromatic heterocycles. The van der Waals surface area contributed by atoms with Crippen LogP contribution in [0.4, 0.5) is 0 Å². The highest BCUT2D eigenvalue weighted by Gasteiger charge is 2.45. The predicted molar refractivity (Wildman–Crippen MR) is 98.2 cm³/mol. The Bertz CT molecular complexity index is 813. The number of nitrogens with zero attached hydrogens (tertiary/aromatic N) is 1. The first kappa shape index (κ1) is 17.7. The summed E-state index contributed by atoms with van der Waals surface area (Å²) in [6, 6.07) is 13.9. The van der Waals surface area contributed by atoms with Crippen LogP contribution in [-0.4, -0.2) is 24.9 Å². The van der Waals surface area contributed by atoms with Gasteiger partial charge in [0, 0.05) is 16.0 Å². The van der Waals surface area contributed by atoms with Gasteiger partial charge in [-0.2, -0.15) is 5.26 Å². The molecular weight excluding hydrogens is 334 g/mol. The highest BCUT2D eigenvalue weighted by Crippen LogP contribution is 2.53. The average Bonchev–Trinajstić information content (AvgIpc) is 2.64. The van der Waals surface area contributed by atoms with Crippen molar-refractivity contribution < 1.29 is 14.6 Å². The molecule has 1 aliphatic rings. The predicted octanol–water partition coefficient (Wildman–Crippen LogP) is 4.05. The Morgan fingerprint density at radius 1 is 1.12 bits per heavy atom. The minimum absolute atomic E-state index is 0.365. The maximum absolute atomic E-state index is 11.0. The number of methoxy groups -OCH3 is 2. The van der Waals surface area contributed by atoms with E-state index >= 15 is 0 Å². The number of thioether (sulfide) groups is 1. The van der Waals surface area contributed by atoms with E-state index in [1.165, 1.54) is 17.3 Å². The molecule has 4 nitrogen and oxygen atoms in total. The van der Waals surface area contributed by atoms with E-state index in [4.69, 9.17) is 9.47 Å². The first-order valence-corrected chi connectivity index (χ1v) is 9.01. The topological polar surface area (TPSA) is 62.5 Å². The average molecular weight is 355 g/mol. The molecule has 5 heteroatoms. The first-order valence-electron chi connectivity index (χ1n) is 8.13. The van der Waals surface area contributed by atoms with Gasteiger partial charge in [-0.05, 0) is 44.0 Å². The Balaban J connectivity index is 2.13. The third kappa shape index (κ3) is 3.20. The molecule has 1 N–H and O–H groups in total. The number of hydrogen-bond acceptors (Lipinski definition) is 5. The Kier molecular flexibility index (Phi) is 4.94. The minimum Gasteiger partial charge on any atom is -0.496 e. The molecule has 3 rings (SSSR count). The number of fused-ring (bicyclic) bond motifs is 1. The molecule has 0 unspecified atom stereocenters. The fourth-order valence-corrected chi connectivity index (χ4v) is 4.55. The smallest absolute Gasteiger partial charge is 0.167 e. The number of aliphatic hydroxyl groups is 1. The van der Waals surface area contributed by atoms with Crippen molar-refractivity contribution in [3.05, 3.63) is 53.1 Å². The third-order valence-corrected chi connectivity index (χ3v) is 6.04. The fraction of sp³-hybridized carbons (Fsp3) is 0.350. The second-order valence-electron chi connectivity index (χ2n) is 6.21. The summed E-state index contributed by atoms with van der Waals surface area (Å²) >= 11 is 1.49. The molecule has 0 fully saturated rings. The summed E-state index contributed by atoms with van der Waals surface area (Å²) in [5, 5.41) is 20.2. The van der Waals surface area contributed by atoms with Gasteiger partial charge in [-0.15, -0.1) is 11.8 Å². The van der Waals surface area contributed by atoms with Gasteiger partial charge in [0.05, 0.1) is 25.5 Å². The van der Waals surface area contributed by atoms with Crippen LogP contribution in [0.2, 0.25) is 0 Å². The zero-order valence-corrected chi connectivity index (χ0v) is 15.4. The Morgan fingerprint density at radius 2 is 1.76 bits per heavy atom. The van der Waals surface area contributed by atoms with E-state index in [9.17, 15) is 10.4 Å². The second kappa shape index (κ2) is 6.99. The monoisotopic (exact) mass is 355 g/mol. The van der Waals surface area contributed by atoms with E-state index in [-0.39, 0.29) is 0 Å². The van der Waals surface area contributed by atoms with Crippen molar-refractivity contribution in [1.29, 1.82) is 5.26 Å². The number of hydrogen-bond donors (Lipinski definition) is 1. The van der Waals surface area contributed by atoms with Gasteiger partial charge in [-0.3, -0.25) is 0 Å². The van der Waals surface area contributed by atoms with E-state index in [1.807, 2.05) is 43.3 Å². The lowest BCUT2D eigenvalue weighted by Gasteiger charge is -2.37. The molecule has 0 saturated heterocycles. The molecule has 0 saturated carbocycles. The first-order chi connectivity index (χ1) is 12.0. The van der Waals surface area contributed by atoms with Gasteiger partial charge < -0.3 is 14.6 Å². The van der Waals surface area contributed by atoms with Crippen LogP contribution in [-0.2, 0) is 6.42 Å². The molecule has 1 aliphatic carbocycles. The van der Waals surface area contributed by atoms with Gasteiger partial charge >= 0.3 is 0 Å². The molecule has 0 spiro atoms. The van der Waals surface area contributed by atoms with Gasteiger partial charge in [0.2, 0.25) is 0 Å². The fourth-order valence-electron chi connectivity index (χ4n) is 3.25. The molecule has 0 amide bonds. The van der Waals surface area contributed by atoms with Crippen LogP contribution in [0.5, 0.6) is 11.5 Å². The summed E-state index contributed by atoms with van der Waals surface area (Å²) in [4.78, 5) is 1.00. The number of nitriles is 1. The van der Waals surface area contributed by atoms with Crippen LogP contribution in [0.1, 0.15) is 28.4 Å². The van der Waals surface area contributed by atoms with Crippen LogP contribution < -0.4 is 9.47 Å². The zero-order valence-electron chi connectivity index (χ0n) is 14.6. The molecule has 0 radical (unpaired) electrons. The van der Waals surface area contributed by atoms with E-state index in [0.29, 0.717) is 18.6 Å². The molecule has 0 aliphatic heterocycles. The highest BCUT2D eigenvalue weighted by atomic mass is 32.2. The van der Waals surface area contributed by atoms with E-state index < -0.39 is 10.9 Å². The normalized spacial score (nSPS) is 22.0. The third-order valence-electron chi connectivity index (χ3n) is 4.63. The summed E-state index contributed by atoms with van der Waals surface area (Å²) in [7, 11) is 3.24. The quantitative estimate of drug-likeness (QED) is 0.839. The number of benzene rings is 2. The SMILES string of the molecule is COc1ccc(OC)c2c1CC[C@](O)(C#N)[C@@H]2Sc1ccc(C)cc1. The molecule has 2 aromatic rings. The van der Waals surface area contributed by atoms with Gasteiger partial charge in [0.1, 0.15) is 11.5 Å². The van der Waals surface area contributed by atoms with Gasteiger partial charge in [0.25, 0.3) is 0 Å². The van der Waals surface area contributed by atoms with Crippen LogP contribution in [0.25, 0.3) is 0 Å². The summed E-state index contributed by atoms with van der Waals surface area (Å²) < 4.78 is 11.0. The highest BCUT2D eigenvalue weighted by molar-refractivity contribution is 7.99. The van der Waals surface area contributed by atoms with E-state index in [0.717, 1.165) is 21.8 Å². The maximum Gasteiger partial charge on any atom is 0.167 e. The standard InChI is InChI=1S/C20H21NO3S/c1-13-4-6-14(7-5-13)25-19-18-15(10-11-20(19,22)12-21)16(23-2)8-9-17(18)24-3/h4-9,19,22H,10-11H2,1-3H3/t19-,20+/m1/s1. The van der Waals surface area contributed by atoms with Crippen LogP contribution in [0.3, 0.4) is 0 Å². The van der Waals surface area contributed by atoms with Crippen LogP contribution in [0.15, 0.2) is 41.3 Å². The van der Waals surface area contributed by atoms with Crippen molar-refractivity contribution in [2.24, 2.45) is 0 Å². The van der Waals surface area contributed by atoms with Crippen molar-refractivity contribution in [3.63, 3.8) is 0 Å². The second-order valence-corrected chi connectivity index (χ2v) is 7.39. The Hall–Kier alpha value is -2.16. The zero-order chi connectivity index (χ0) is 18.0. The molecule has 0 heterocycles. The minimum atomic E-state index is -1.46. The van der Waals surface area contributed by atoms with Crippen molar-refractivity contribution in [2.75, 3.05) is 14.2 Å². The molecule has 2 aromatic carbocycles. The van der Waals surface area contributed by atoms with Gasteiger partial charge in [0.15, 0.2) is 5.60 Å². The Labute approximate surface area is 152 Å². The number of ether oxygens (including phenoxy) is 2. The molecule has 0 bridgehead atoms. The molecule has 130 valence electrons. The summed E-state index contributed by atoms with van der Waals surface area (Å²) in [5.41, 5.74) is 1.57. The van der Waals surface area contributed by atoms with E-state index in [1.54, 1.807) is 14.2 Å². The molecule has 25 heavy (non-hydrogen) atoms. The van der Waals surface area contributed by atoms with Crippen molar-refractivity contribution in [3.8, 4) is 17.6 Å². The summed E-state index contributed by atoms with van der Waals surface area (Å²) in [6.07, 6.45) is 0.939. The maximum atomic E-state index is 11.0. The van der Waals surface area contributed by atoms with Crippen LogP contribution in [0, 0.1) is 18.3 Å². The van der Waals surface area contributed by atoms with Gasteiger partial charge in [-0.1, -0.05) is 17.7 Å². The van der Waals surface area contributed by atoms with Crippen molar-refractivity contribution >= 4 is 11.8 Å². The summed E-state index contributed by atoms with van der Waals surface area (Å²) in [6.45, 7) is 2.03. The number of rotatable bonds is 4. The largest absolute Gasteiger partial charge is 0.496 e. The lowest BCUT2D eigenvalue weighted by Crippen LogP contribution is -2.37. The van der Waals surface area contributed by atoms with Crippen LogP contribution >= 0.6 is 11.8 Å². The lowest BCUT2D eigenvalue weighted by molar-refractivity contribution is 0.0792. The lowest BCUT2D eigenvalue weighted by atomic mass is 9.80. The van der Waals surface area contributed by atoms with Crippen molar-refractivity contribution in [2.45, 2.75) is 35.5 Å². The van der Waals surface area contributed by atoms with Gasteiger partial charge in [-0.25, -0.2) is 0 Å². The molecular formula is C20H21NO3S. The van der Waals surface area contributed by atoms with Crippen molar-refractivity contribution in [1.82, 2.24) is 0 Å². The Morgan fingerprint density at radius 3 is 2.36 bits per heavy atom. The van der Waals surface area contributed by atoms with E-state index in [2.05, 4.69) is 6.07 Å². The molecule has 2 atom stereocenters. The number of aryl methyl sites for hydroxylation is 1.